The Morgan fingerprint density at radius 3 is 2.50 bits per heavy atom. The number of esters is 1. The first-order valence-electron chi connectivity index (χ1n) is 11.6. The molecule has 1 atom stereocenters. The summed E-state index contributed by atoms with van der Waals surface area (Å²) >= 11 is 0. The number of fused-ring (bicyclic) bond motifs is 1. The predicted octanol–water partition coefficient (Wildman–Crippen LogP) is 3.07. The lowest BCUT2D eigenvalue weighted by atomic mass is 9.83. The Morgan fingerprint density at radius 2 is 1.83 bits per heavy atom. The Balaban J connectivity index is 1.78. The highest BCUT2D eigenvalue weighted by atomic mass is 16.5. The molecule has 9 heteroatoms. The summed E-state index contributed by atoms with van der Waals surface area (Å²) in [6.07, 6.45) is 3.78. The summed E-state index contributed by atoms with van der Waals surface area (Å²) in [4.78, 5) is 30.9. The van der Waals surface area contributed by atoms with Crippen molar-refractivity contribution < 1.29 is 23.7 Å². The minimum Gasteiger partial charge on any atom is -0.493 e. The largest absolute Gasteiger partial charge is 0.493 e. The number of carbonyl (C=O) groups excluding carboxylic acids is 1. The van der Waals surface area contributed by atoms with Gasteiger partial charge in [-0.25, -0.2) is 4.79 Å². The Morgan fingerprint density at radius 1 is 1.11 bits per heavy atom. The van der Waals surface area contributed by atoms with Crippen LogP contribution in [0, 0.1) is 6.92 Å². The molecule has 0 bridgehead atoms. The third-order valence-corrected chi connectivity index (χ3v) is 6.18. The summed E-state index contributed by atoms with van der Waals surface area (Å²) < 4.78 is 23.4. The molecule has 3 aromatic rings. The van der Waals surface area contributed by atoms with Gasteiger partial charge >= 0.3 is 5.97 Å². The Hall–Kier alpha value is -4.27. The van der Waals surface area contributed by atoms with E-state index in [0.717, 1.165) is 5.56 Å². The van der Waals surface area contributed by atoms with E-state index in [9.17, 15) is 9.59 Å². The van der Waals surface area contributed by atoms with Crippen LogP contribution in [0.2, 0.25) is 0 Å². The molecule has 0 spiro atoms. The molecule has 4 rings (SSSR count). The molecule has 3 heterocycles. The maximum Gasteiger partial charge on any atom is 0.340 e. The first-order valence-corrected chi connectivity index (χ1v) is 11.6. The van der Waals surface area contributed by atoms with Crippen LogP contribution in [0.5, 0.6) is 17.2 Å². The molecule has 1 aliphatic heterocycles. The zero-order valence-electron chi connectivity index (χ0n) is 20.7. The summed E-state index contributed by atoms with van der Waals surface area (Å²) in [6.45, 7) is 4.11. The van der Waals surface area contributed by atoms with Crippen LogP contribution in [0.15, 0.2) is 65.0 Å². The SMILES string of the molecule is CCOC(=O)C1=C(N)Oc2cc(C)n(CCc3ccc(OC)c(OC)c3)c(=O)c2[C@H]1c1ccncc1. The molecule has 2 aromatic heterocycles. The second-order valence-corrected chi connectivity index (χ2v) is 8.27. The predicted molar refractivity (Wildman–Crippen MR) is 133 cm³/mol. The van der Waals surface area contributed by atoms with E-state index in [0.29, 0.717) is 47.0 Å². The van der Waals surface area contributed by atoms with Gasteiger partial charge in [0.1, 0.15) is 11.3 Å². The molecule has 0 fully saturated rings. The van der Waals surface area contributed by atoms with Crippen molar-refractivity contribution in [2.75, 3.05) is 20.8 Å². The third kappa shape index (κ3) is 4.64. The fourth-order valence-corrected chi connectivity index (χ4v) is 4.44. The van der Waals surface area contributed by atoms with Gasteiger partial charge in [0.2, 0.25) is 5.88 Å². The summed E-state index contributed by atoms with van der Waals surface area (Å²) in [5.74, 6) is 0.124. The highest BCUT2D eigenvalue weighted by molar-refractivity contribution is 5.92. The van der Waals surface area contributed by atoms with E-state index >= 15 is 0 Å². The number of rotatable bonds is 8. The second-order valence-electron chi connectivity index (χ2n) is 8.27. The molecule has 0 radical (unpaired) electrons. The molecular formula is C27H29N3O6. The van der Waals surface area contributed by atoms with Crippen molar-refractivity contribution in [3.8, 4) is 17.2 Å². The van der Waals surface area contributed by atoms with Crippen LogP contribution in [-0.4, -0.2) is 36.3 Å². The van der Waals surface area contributed by atoms with Crippen LogP contribution < -0.4 is 25.5 Å². The topological polar surface area (TPSA) is 115 Å². The number of benzene rings is 1. The summed E-state index contributed by atoms with van der Waals surface area (Å²) in [7, 11) is 3.17. The number of nitrogens with zero attached hydrogens (tertiary/aromatic N) is 2. The average Bonchev–Trinajstić information content (AvgIpc) is 2.88. The van der Waals surface area contributed by atoms with Gasteiger partial charge in [0.05, 0.1) is 32.3 Å². The molecule has 0 saturated carbocycles. The van der Waals surface area contributed by atoms with Crippen molar-refractivity contribution in [2.24, 2.45) is 5.73 Å². The van der Waals surface area contributed by atoms with Crippen molar-refractivity contribution in [3.05, 3.63) is 93.0 Å². The number of methoxy groups -OCH3 is 2. The lowest BCUT2D eigenvalue weighted by Gasteiger charge is -2.29. The second kappa shape index (κ2) is 10.6. The molecular weight excluding hydrogens is 462 g/mol. The summed E-state index contributed by atoms with van der Waals surface area (Å²) in [6, 6.07) is 10.9. The van der Waals surface area contributed by atoms with E-state index in [1.54, 1.807) is 56.3 Å². The van der Waals surface area contributed by atoms with Crippen LogP contribution in [0.3, 0.4) is 0 Å². The molecule has 1 aliphatic rings. The normalized spacial score (nSPS) is 14.6. The van der Waals surface area contributed by atoms with E-state index in [1.807, 2.05) is 25.1 Å². The number of ether oxygens (including phenoxy) is 4. The van der Waals surface area contributed by atoms with Gasteiger partial charge in [-0.3, -0.25) is 9.78 Å². The number of aryl methyl sites for hydroxylation is 2. The van der Waals surface area contributed by atoms with Gasteiger partial charge < -0.3 is 29.2 Å². The minimum atomic E-state index is -0.753. The third-order valence-electron chi connectivity index (χ3n) is 6.18. The van der Waals surface area contributed by atoms with Crippen LogP contribution >= 0.6 is 0 Å². The molecule has 9 nitrogen and oxygen atoms in total. The highest BCUT2D eigenvalue weighted by Crippen LogP contribution is 2.41. The standard InChI is InChI=1S/C27H29N3O6/c1-5-35-27(32)24-22(18-8-11-29-12-9-18)23-21(36-25(24)28)14-16(2)30(26(23)31)13-10-17-6-7-19(33-3)20(15-17)34-4/h6-9,11-12,14-15,22H,5,10,13,28H2,1-4H3/t22-/m1/s1. The smallest absolute Gasteiger partial charge is 0.340 e. The molecule has 2 N–H and O–H groups in total. The first-order chi connectivity index (χ1) is 17.4. The Labute approximate surface area is 209 Å². The molecule has 0 unspecified atom stereocenters. The van der Waals surface area contributed by atoms with Crippen molar-refractivity contribution in [1.29, 1.82) is 0 Å². The van der Waals surface area contributed by atoms with E-state index in [2.05, 4.69) is 4.98 Å². The van der Waals surface area contributed by atoms with Crippen LogP contribution in [0.25, 0.3) is 0 Å². The number of hydrogen-bond donors (Lipinski definition) is 1. The van der Waals surface area contributed by atoms with E-state index < -0.39 is 11.9 Å². The van der Waals surface area contributed by atoms with Gasteiger partial charge in [-0.05, 0) is 55.7 Å². The van der Waals surface area contributed by atoms with Gasteiger partial charge in [0, 0.05) is 30.7 Å². The quantitative estimate of drug-likeness (QED) is 0.478. The van der Waals surface area contributed by atoms with Crippen molar-refractivity contribution in [2.45, 2.75) is 32.7 Å². The van der Waals surface area contributed by atoms with Gasteiger partial charge in [0.15, 0.2) is 11.5 Å². The van der Waals surface area contributed by atoms with Crippen LogP contribution in [0.4, 0.5) is 0 Å². The van der Waals surface area contributed by atoms with Crippen molar-refractivity contribution in [3.63, 3.8) is 0 Å². The van der Waals surface area contributed by atoms with Gasteiger partial charge in [-0.2, -0.15) is 0 Å². The Bertz CT molecular complexity index is 1360. The maximum absolute atomic E-state index is 13.9. The summed E-state index contributed by atoms with van der Waals surface area (Å²) in [5, 5.41) is 0. The van der Waals surface area contributed by atoms with E-state index in [4.69, 9.17) is 24.7 Å². The number of pyridine rings is 2. The number of aromatic nitrogens is 2. The van der Waals surface area contributed by atoms with Crippen LogP contribution in [-0.2, 0) is 22.5 Å². The van der Waals surface area contributed by atoms with Gasteiger partial charge in [-0.1, -0.05) is 6.07 Å². The fourth-order valence-electron chi connectivity index (χ4n) is 4.44. The van der Waals surface area contributed by atoms with Crippen LogP contribution in [0.1, 0.15) is 35.2 Å². The van der Waals surface area contributed by atoms with Crippen molar-refractivity contribution >= 4 is 5.97 Å². The van der Waals surface area contributed by atoms with Gasteiger partial charge in [0.25, 0.3) is 5.56 Å². The first kappa shape index (κ1) is 24.8. The van der Waals surface area contributed by atoms with Crippen molar-refractivity contribution in [1.82, 2.24) is 9.55 Å². The number of hydrogen-bond acceptors (Lipinski definition) is 8. The average molecular weight is 492 g/mol. The monoisotopic (exact) mass is 491 g/mol. The number of carbonyl (C=O) groups is 1. The zero-order chi connectivity index (χ0) is 25.8. The Kier molecular flexibility index (Phi) is 7.28. The lowest BCUT2D eigenvalue weighted by Crippen LogP contribution is -2.35. The van der Waals surface area contributed by atoms with E-state index in [-0.39, 0.29) is 23.6 Å². The van der Waals surface area contributed by atoms with E-state index in [1.165, 1.54) is 0 Å². The number of nitrogens with two attached hydrogens (primary N) is 1. The molecule has 0 amide bonds. The maximum atomic E-state index is 13.9. The molecule has 1 aromatic carbocycles. The fraction of sp³-hybridized carbons (Fsp3) is 0.296. The molecule has 36 heavy (non-hydrogen) atoms. The molecule has 188 valence electrons. The molecule has 0 saturated heterocycles. The lowest BCUT2D eigenvalue weighted by molar-refractivity contribution is -0.139. The highest BCUT2D eigenvalue weighted by Gasteiger charge is 2.38. The minimum absolute atomic E-state index is 0.0790. The molecule has 0 aliphatic carbocycles. The summed E-state index contributed by atoms with van der Waals surface area (Å²) in [5.41, 5.74) is 8.73. The van der Waals surface area contributed by atoms with Gasteiger partial charge in [-0.15, -0.1) is 0 Å². The zero-order valence-corrected chi connectivity index (χ0v) is 20.7.